The lowest BCUT2D eigenvalue weighted by molar-refractivity contribution is 0.0364. The second kappa shape index (κ2) is 5.88. The monoisotopic (exact) mass is 299 g/mol. The number of nitrogens with two attached hydrogens (primary N) is 1. The molecule has 0 saturated carbocycles. The van der Waals surface area contributed by atoms with E-state index in [1.54, 1.807) is 0 Å². The molecule has 1 unspecified atom stereocenters. The second-order valence-corrected chi connectivity index (χ2v) is 5.72. The van der Waals surface area contributed by atoms with Crippen LogP contribution in [-0.4, -0.2) is 34.6 Å². The fraction of sp³-hybridized carbons (Fsp3) is 0.438. The zero-order chi connectivity index (χ0) is 15.7. The molecule has 6 nitrogen and oxygen atoms in total. The van der Waals surface area contributed by atoms with Crippen molar-refractivity contribution in [3.8, 4) is 0 Å². The number of anilines is 2. The minimum Gasteiger partial charge on any atom is -0.399 e. The highest BCUT2D eigenvalue weighted by Crippen LogP contribution is 2.25. The normalized spacial score (nSPS) is 18.5. The van der Waals surface area contributed by atoms with Gasteiger partial charge in [0.15, 0.2) is 0 Å². The number of aromatic nitrogens is 3. The molecule has 0 aliphatic carbocycles. The summed E-state index contributed by atoms with van der Waals surface area (Å²) in [5.74, 6) is 0.756. The van der Waals surface area contributed by atoms with E-state index in [4.69, 9.17) is 10.5 Å². The maximum absolute atomic E-state index is 5.92. The Morgan fingerprint density at radius 1 is 1.05 bits per heavy atom. The third-order valence-electron chi connectivity index (χ3n) is 3.65. The zero-order valence-corrected chi connectivity index (χ0v) is 13.2. The number of ether oxygens (including phenoxy) is 1. The summed E-state index contributed by atoms with van der Waals surface area (Å²) in [6, 6.07) is 5.71. The number of rotatable bonds is 2. The minimum absolute atomic E-state index is 0.111. The summed E-state index contributed by atoms with van der Waals surface area (Å²) in [4.78, 5) is 15.8. The van der Waals surface area contributed by atoms with E-state index in [2.05, 4.69) is 19.9 Å². The van der Waals surface area contributed by atoms with Gasteiger partial charge in [-0.1, -0.05) is 0 Å². The number of morpholine rings is 1. The van der Waals surface area contributed by atoms with Crippen molar-refractivity contribution in [3.05, 3.63) is 41.0 Å². The van der Waals surface area contributed by atoms with Crippen LogP contribution in [-0.2, 0) is 4.74 Å². The molecule has 1 fully saturated rings. The largest absolute Gasteiger partial charge is 0.399 e. The summed E-state index contributed by atoms with van der Waals surface area (Å²) < 4.78 is 5.87. The maximum atomic E-state index is 5.92. The molecule has 116 valence electrons. The highest BCUT2D eigenvalue weighted by atomic mass is 16.5. The Balaban J connectivity index is 1.84. The SMILES string of the molecule is Cc1cc(N)cc(C2CN(c3nc(C)cc(C)n3)CCO2)n1. The van der Waals surface area contributed by atoms with Gasteiger partial charge in [-0.2, -0.15) is 0 Å². The first-order valence-corrected chi connectivity index (χ1v) is 7.44. The number of hydrogen-bond acceptors (Lipinski definition) is 6. The summed E-state index contributed by atoms with van der Waals surface area (Å²) in [6.45, 7) is 7.99. The topological polar surface area (TPSA) is 77.2 Å². The van der Waals surface area contributed by atoms with E-state index in [9.17, 15) is 0 Å². The first kappa shape index (κ1) is 14.7. The van der Waals surface area contributed by atoms with Crippen molar-refractivity contribution in [3.63, 3.8) is 0 Å². The number of hydrogen-bond donors (Lipinski definition) is 1. The minimum atomic E-state index is -0.111. The van der Waals surface area contributed by atoms with Gasteiger partial charge >= 0.3 is 0 Å². The molecule has 0 bridgehead atoms. The van der Waals surface area contributed by atoms with Crippen LogP contribution in [0.1, 0.15) is 28.9 Å². The van der Waals surface area contributed by atoms with Gasteiger partial charge in [0.05, 0.1) is 18.8 Å². The molecule has 0 aromatic carbocycles. The molecule has 1 atom stereocenters. The Labute approximate surface area is 130 Å². The maximum Gasteiger partial charge on any atom is 0.225 e. The van der Waals surface area contributed by atoms with Crippen molar-refractivity contribution in [1.29, 1.82) is 0 Å². The van der Waals surface area contributed by atoms with Gasteiger partial charge in [0.25, 0.3) is 0 Å². The number of nitrogens with zero attached hydrogens (tertiary/aromatic N) is 4. The number of nitrogen functional groups attached to an aromatic ring is 1. The Bertz CT molecular complexity index is 590. The van der Waals surface area contributed by atoms with Crippen molar-refractivity contribution in [2.45, 2.75) is 26.9 Å². The smallest absolute Gasteiger partial charge is 0.225 e. The molecule has 3 rings (SSSR count). The number of pyridine rings is 1. The van der Waals surface area contributed by atoms with Crippen molar-refractivity contribution in [2.24, 2.45) is 0 Å². The van der Waals surface area contributed by atoms with E-state index in [0.29, 0.717) is 18.8 Å². The second-order valence-electron chi connectivity index (χ2n) is 5.72. The number of aryl methyl sites for hydroxylation is 3. The molecule has 0 radical (unpaired) electrons. The van der Waals surface area contributed by atoms with Crippen LogP contribution >= 0.6 is 0 Å². The van der Waals surface area contributed by atoms with Gasteiger partial charge in [0, 0.05) is 29.3 Å². The lowest BCUT2D eigenvalue weighted by Crippen LogP contribution is -2.39. The molecule has 0 spiro atoms. The fourth-order valence-electron chi connectivity index (χ4n) is 2.75. The van der Waals surface area contributed by atoms with E-state index in [0.717, 1.165) is 35.3 Å². The molecule has 1 aliphatic rings. The first-order valence-electron chi connectivity index (χ1n) is 7.44. The Morgan fingerprint density at radius 2 is 1.73 bits per heavy atom. The molecule has 0 amide bonds. The summed E-state index contributed by atoms with van der Waals surface area (Å²) in [5, 5.41) is 0. The van der Waals surface area contributed by atoms with E-state index in [1.807, 2.05) is 39.0 Å². The molecule has 22 heavy (non-hydrogen) atoms. The summed E-state index contributed by atoms with van der Waals surface area (Å²) in [7, 11) is 0. The zero-order valence-electron chi connectivity index (χ0n) is 13.2. The Kier molecular flexibility index (Phi) is 3.94. The first-order chi connectivity index (χ1) is 10.5. The third kappa shape index (κ3) is 3.17. The van der Waals surface area contributed by atoms with Crippen LogP contribution in [0.15, 0.2) is 18.2 Å². The molecule has 3 heterocycles. The predicted molar refractivity (Wildman–Crippen MR) is 85.8 cm³/mol. The fourth-order valence-corrected chi connectivity index (χ4v) is 2.75. The van der Waals surface area contributed by atoms with Crippen LogP contribution < -0.4 is 10.6 Å². The average Bonchev–Trinajstić information content (AvgIpc) is 2.45. The Morgan fingerprint density at radius 3 is 2.41 bits per heavy atom. The van der Waals surface area contributed by atoms with Crippen LogP contribution in [0.3, 0.4) is 0 Å². The predicted octanol–water partition coefficient (Wildman–Crippen LogP) is 1.96. The molecule has 1 saturated heterocycles. The van der Waals surface area contributed by atoms with Gasteiger partial charge in [-0.25, -0.2) is 9.97 Å². The summed E-state index contributed by atoms with van der Waals surface area (Å²) in [5.41, 5.74) is 10.4. The Hall–Kier alpha value is -2.21. The molecular weight excluding hydrogens is 278 g/mol. The van der Waals surface area contributed by atoms with Crippen LogP contribution in [0.2, 0.25) is 0 Å². The van der Waals surface area contributed by atoms with Crippen LogP contribution in [0.5, 0.6) is 0 Å². The third-order valence-corrected chi connectivity index (χ3v) is 3.65. The summed E-state index contributed by atoms with van der Waals surface area (Å²) >= 11 is 0. The van der Waals surface area contributed by atoms with Crippen LogP contribution in [0, 0.1) is 20.8 Å². The lowest BCUT2D eigenvalue weighted by Gasteiger charge is -2.33. The molecule has 1 aliphatic heterocycles. The standard InChI is InChI=1S/C16H21N5O/c1-10-6-11(2)20-16(19-10)21-4-5-22-15(9-21)14-8-13(17)7-12(3)18-14/h6-8,15H,4-5,9H2,1-3H3,(H2,17,18). The van der Waals surface area contributed by atoms with Gasteiger partial charge < -0.3 is 15.4 Å². The van der Waals surface area contributed by atoms with E-state index >= 15 is 0 Å². The molecule has 6 heteroatoms. The molecule has 2 aromatic rings. The molecule has 2 aromatic heterocycles. The highest BCUT2D eigenvalue weighted by Gasteiger charge is 2.25. The quantitative estimate of drug-likeness (QED) is 0.913. The molecular formula is C16H21N5O. The van der Waals surface area contributed by atoms with Crippen molar-refractivity contribution >= 4 is 11.6 Å². The van der Waals surface area contributed by atoms with Gasteiger partial charge in [-0.3, -0.25) is 4.98 Å². The van der Waals surface area contributed by atoms with Crippen LogP contribution in [0.25, 0.3) is 0 Å². The summed E-state index contributed by atoms with van der Waals surface area (Å²) in [6.07, 6.45) is -0.111. The van der Waals surface area contributed by atoms with Gasteiger partial charge in [0.2, 0.25) is 5.95 Å². The van der Waals surface area contributed by atoms with Gasteiger partial charge in [-0.05, 0) is 39.0 Å². The van der Waals surface area contributed by atoms with E-state index in [1.165, 1.54) is 0 Å². The van der Waals surface area contributed by atoms with Crippen molar-refractivity contribution < 1.29 is 4.74 Å². The van der Waals surface area contributed by atoms with Crippen molar-refractivity contribution in [1.82, 2.24) is 15.0 Å². The van der Waals surface area contributed by atoms with E-state index < -0.39 is 0 Å². The van der Waals surface area contributed by atoms with Gasteiger partial charge in [-0.15, -0.1) is 0 Å². The highest BCUT2D eigenvalue weighted by molar-refractivity contribution is 5.41. The van der Waals surface area contributed by atoms with Gasteiger partial charge in [0.1, 0.15) is 6.10 Å². The van der Waals surface area contributed by atoms with Crippen LogP contribution in [0.4, 0.5) is 11.6 Å². The van der Waals surface area contributed by atoms with E-state index in [-0.39, 0.29) is 6.10 Å². The lowest BCUT2D eigenvalue weighted by atomic mass is 10.1. The van der Waals surface area contributed by atoms with Crippen molar-refractivity contribution in [2.75, 3.05) is 30.3 Å². The molecule has 2 N–H and O–H groups in total. The average molecular weight is 299 g/mol.